The summed E-state index contributed by atoms with van der Waals surface area (Å²) in [5.41, 5.74) is 1.95. The number of halogens is 2. The largest absolute Gasteiger partial charge is 0.337 e. The van der Waals surface area contributed by atoms with Crippen LogP contribution in [0, 0.1) is 0 Å². The van der Waals surface area contributed by atoms with Crippen molar-refractivity contribution >= 4 is 59.9 Å². The van der Waals surface area contributed by atoms with Gasteiger partial charge in [-0.25, -0.2) is 8.42 Å². The number of nitrogens with one attached hydrogen (secondary N) is 1. The van der Waals surface area contributed by atoms with Gasteiger partial charge in [-0.15, -0.1) is 0 Å². The van der Waals surface area contributed by atoms with Crippen LogP contribution in [0.1, 0.15) is 5.56 Å². The zero-order valence-corrected chi connectivity index (χ0v) is 19.4. The molecule has 0 bridgehead atoms. The van der Waals surface area contributed by atoms with Crippen molar-refractivity contribution in [1.82, 2.24) is 4.57 Å². The lowest BCUT2D eigenvalue weighted by Crippen LogP contribution is -2.18. The van der Waals surface area contributed by atoms with Crippen LogP contribution in [-0.2, 0) is 26.9 Å². The predicted octanol–water partition coefficient (Wildman–Crippen LogP) is 5.67. The third kappa shape index (κ3) is 5.01. The van der Waals surface area contributed by atoms with E-state index in [2.05, 4.69) is 21.2 Å². The Balaban J connectivity index is 1.64. The van der Waals surface area contributed by atoms with Gasteiger partial charge in [0.25, 0.3) is 0 Å². The van der Waals surface area contributed by atoms with Crippen LogP contribution >= 0.6 is 27.5 Å². The Labute approximate surface area is 193 Å². The molecule has 0 saturated carbocycles. The topological polar surface area (TPSA) is 68.2 Å². The first-order chi connectivity index (χ1) is 14.8. The Bertz CT molecular complexity index is 1370. The van der Waals surface area contributed by atoms with Crippen LogP contribution in [0.5, 0.6) is 0 Å². The fourth-order valence-electron chi connectivity index (χ4n) is 3.40. The van der Waals surface area contributed by atoms with Gasteiger partial charge in [-0.3, -0.25) is 4.79 Å². The molecular weight excluding hydrogens is 500 g/mol. The van der Waals surface area contributed by atoms with E-state index < -0.39 is 9.84 Å². The molecule has 31 heavy (non-hydrogen) atoms. The molecule has 0 radical (unpaired) electrons. The molecule has 4 aromatic rings. The van der Waals surface area contributed by atoms with E-state index in [0.717, 1.165) is 4.47 Å². The summed E-state index contributed by atoms with van der Waals surface area (Å²) < 4.78 is 28.9. The number of carbonyl (C=O) groups excluding carboxylic acids is 1. The number of rotatable bonds is 6. The van der Waals surface area contributed by atoms with E-state index in [0.29, 0.717) is 27.2 Å². The molecule has 0 saturated heterocycles. The van der Waals surface area contributed by atoms with E-state index in [4.69, 9.17) is 11.6 Å². The summed E-state index contributed by atoms with van der Waals surface area (Å²) in [5.74, 6) is -0.422. The maximum Gasteiger partial charge on any atom is 0.244 e. The number of fused-ring (bicyclic) bond motifs is 1. The number of anilines is 1. The fraction of sp³-hybridized carbons (Fsp3) is 0.0870. The zero-order chi connectivity index (χ0) is 22.0. The molecule has 0 aliphatic heterocycles. The van der Waals surface area contributed by atoms with E-state index in [1.807, 2.05) is 18.2 Å². The summed E-state index contributed by atoms with van der Waals surface area (Å²) in [6.07, 6.45) is 1.53. The van der Waals surface area contributed by atoms with Gasteiger partial charge in [-0.1, -0.05) is 57.9 Å². The van der Waals surface area contributed by atoms with Crippen molar-refractivity contribution in [3.8, 4) is 0 Å². The SMILES string of the molecule is O=C(Cn1cc(S(=O)(=O)Cc2cccc(Cl)c2)c2ccccc21)Nc1ccc(Br)cc1. The normalized spacial score (nSPS) is 11.5. The van der Waals surface area contributed by atoms with Crippen LogP contribution in [0.4, 0.5) is 5.69 Å². The Kier molecular flexibility index (Phi) is 6.18. The predicted molar refractivity (Wildman–Crippen MR) is 127 cm³/mol. The maximum absolute atomic E-state index is 13.2. The lowest BCUT2D eigenvalue weighted by molar-refractivity contribution is -0.116. The van der Waals surface area contributed by atoms with Gasteiger partial charge < -0.3 is 9.88 Å². The Hall–Kier alpha value is -2.61. The molecule has 8 heteroatoms. The molecule has 1 N–H and O–H groups in total. The molecule has 0 atom stereocenters. The second-order valence-electron chi connectivity index (χ2n) is 7.08. The highest BCUT2D eigenvalue weighted by molar-refractivity contribution is 9.10. The minimum atomic E-state index is -3.65. The number of sulfone groups is 1. The van der Waals surface area contributed by atoms with Crippen molar-refractivity contribution in [2.45, 2.75) is 17.2 Å². The third-order valence-corrected chi connectivity index (χ3v) is 7.25. The molecule has 5 nitrogen and oxygen atoms in total. The van der Waals surface area contributed by atoms with Gasteiger partial charge in [0, 0.05) is 32.3 Å². The smallest absolute Gasteiger partial charge is 0.244 e. The average Bonchev–Trinajstić information content (AvgIpc) is 3.09. The summed E-state index contributed by atoms with van der Waals surface area (Å²) in [4.78, 5) is 12.8. The number of hydrogen-bond donors (Lipinski definition) is 1. The van der Waals surface area contributed by atoms with Crippen LogP contribution < -0.4 is 5.32 Å². The minimum absolute atomic E-state index is 0.0107. The molecule has 0 aliphatic rings. The lowest BCUT2D eigenvalue weighted by atomic mass is 10.2. The zero-order valence-electron chi connectivity index (χ0n) is 16.3. The first-order valence-electron chi connectivity index (χ1n) is 9.42. The molecule has 0 unspecified atom stereocenters. The van der Waals surface area contributed by atoms with Crippen LogP contribution in [0.3, 0.4) is 0 Å². The van der Waals surface area contributed by atoms with Crippen LogP contribution in [-0.4, -0.2) is 18.9 Å². The third-order valence-electron chi connectivity index (χ3n) is 4.77. The molecule has 158 valence electrons. The van der Waals surface area contributed by atoms with Crippen LogP contribution in [0.25, 0.3) is 10.9 Å². The number of nitrogens with zero attached hydrogens (tertiary/aromatic N) is 1. The molecule has 0 aliphatic carbocycles. The number of hydrogen-bond acceptors (Lipinski definition) is 3. The van der Waals surface area contributed by atoms with Crippen LogP contribution in [0.15, 0.2) is 88.4 Å². The van der Waals surface area contributed by atoms with Gasteiger partial charge in [0.1, 0.15) is 6.54 Å². The second-order valence-corrected chi connectivity index (χ2v) is 10.4. The molecular formula is C23H18BrClN2O3S. The van der Waals surface area contributed by atoms with Gasteiger partial charge in [0.15, 0.2) is 9.84 Å². The van der Waals surface area contributed by atoms with E-state index in [1.54, 1.807) is 59.2 Å². The Morgan fingerprint density at radius 3 is 2.48 bits per heavy atom. The number of benzene rings is 3. The highest BCUT2D eigenvalue weighted by Crippen LogP contribution is 2.28. The summed E-state index contributed by atoms with van der Waals surface area (Å²) in [6, 6.07) is 21.2. The molecule has 1 heterocycles. The van der Waals surface area contributed by atoms with Crippen molar-refractivity contribution < 1.29 is 13.2 Å². The number of para-hydroxylation sites is 1. The van der Waals surface area contributed by atoms with Crippen molar-refractivity contribution in [2.75, 3.05) is 5.32 Å². The lowest BCUT2D eigenvalue weighted by Gasteiger charge is -2.07. The standard InChI is InChI=1S/C23H18BrClN2O3S/c24-17-8-10-19(11-9-17)26-23(28)14-27-13-22(20-6-1-2-7-21(20)27)31(29,30)15-16-4-3-5-18(25)12-16/h1-13H,14-15H2,(H,26,28). The van der Waals surface area contributed by atoms with Crippen LogP contribution in [0.2, 0.25) is 5.02 Å². The Morgan fingerprint density at radius 1 is 1.00 bits per heavy atom. The van der Waals surface area contributed by atoms with Crippen molar-refractivity contribution in [2.24, 2.45) is 0 Å². The van der Waals surface area contributed by atoms with E-state index in [-0.39, 0.29) is 23.1 Å². The summed E-state index contributed by atoms with van der Waals surface area (Å²) >= 11 is 9.37. The van der Waals surface area contributed by atoms with E-state index in [1.165, 1.54) is 6.20 Å². The molecule has 1 aromatic heterocycles. The molecule has 0 fully saturated rings. The summed E-state index contributed by atoms with van der Waals surface area (Å²) in [6.45, 7) is -0.0107. The highest BCUT2D eigenvalue weighted by Gasteiger charge is 2.22. The molecule has 0 spiro atoms. The maximum atomic E-state index is 13.2. The summed E-state index contributed by atoms with van der Waals surface area (Å²) in [7, 11) is -3.65. The average molecular weight is 518 g/mol. The van der Waals surface area contributed by atoms with Crippen molar-refractivity contribution in [1.29, 1.82) is 0 Å². The van der Waals surface area contributed by atoms with E-state index >= 15 is 0 Å². The minimum Gasteiger partial charge on any atom is -0.337 e. The molecule has 1 amide bonds. The van der Waals surface area contributed by atoms with Gasteiger partial charge >= 0.3 is 0 Å². The number of amides is 1. The molecule has 3 aromatic carbocycles. The van der Waals surface area contributed by atoms with Gasteiger partial charge in [-0.2, -0.15) is 0 Å². The quantitative estimate of drug-likeness (QED) is 0.358. The van der Waals surface area contributed by atoms with E-state index in [9.17, 15) is 13.2 Å². The van der Waals surface area contributed by atoms with Crippen molar-refractivity contribution in [3.05, 3.63) is 94.1 Å². The number of carbonyl (C=O) groups is 1. The first kappa shape index (κ1) is 21.6. The van der Waals surface area contributed by atoms with Gasteiger partial charge in [0.05, 0.1) is 10.6 Å². The van der Waals surface area contributed by atoms with Gasteiger partial charge in [0.2, 0.25) is 5.91 Å². The highest BCUT2D eigenvalue weighted by atomic mass is 79.9. The fourth-order valence-corrected chi connectivity index (χ4v) is 5.45. The Morgan fingerprint density at radius 2 is 1.74 bits per heavy atom. The second kappa shape index (κ2) is 8.86. The summed E-state index contributed by atoms with van der Waals surface area (Å²) in [5, 5.41) is 3.90. The van der Waals surface area contributed by atoms with Gasteiger partial charge in [-0.05, 0) is 48.0 Å². The monoisotopic (exact) mass is 516 g/mol. The molecule has 4 rings (SSSR count). The van der Waals surface area contributed by atoms with Crippen molar-refractivity contribution in [3.63, 3.8) is 0 Å². The first-order valence-corrected chi connectivity index (χ1v) is 12.2. The number of aromatic nitrogens is 1.